The number of hydrogen-bond acceptors (Lipinski definition) is 4. The maximum absolute atomic E-state index is 13.0. The van der Waals surface area contributed by atoms with Crippen LogP contribution in [0.2, 0.25) is 0 Å². The Labute approximate surface area is 175 Å². The van der Waals surface area contributed by atoms with Gasteiger partial charge in [0.25, 0.3) is 5.91 Å². The lowest BCUT2D eigenvalue weighted by atomic mass is 10.1. The molecule has 1 atom stereocenters. The molecular formula is C24H25FN2O3. The highest BCUT2D eigenvalue weighted by molar-refractivity contribution is 5.91. The number of carbonyl (C=O) groups is 1. The van der Waals surface area contributed by atoms with Crippen molar-refractivity contribution in [1.29, 1.82) is 0 Å². The summed E-state index contributed by atoms with van der Waals surface area (Å²) in [7, 11) is 0. The number of rotatable bonds is 8. The van der Waals surface area contributed by atoms with Gasteiger partial charge in [0.1, 0.15) is 23.9 Å². The van der Waals surface area contributed by atoms with Crippen molar-refractivity contribution in [1.82, 2.24) is 10.2 Å². The lowest BCUT2D eigenvalue weighted by Gasteiger charge is -2.28. The molecule has 0 radical (unpaired) electrons. The van der Waals surface area contributed by atoms with Crippen molar-refractivity contribution in [3.8, 4) is 5.75 Å². The summed E-state index contributed by atoms with van der Waals surface area (Å²) in [5.41, 5.74) is 1.20. The number of nitrogens with zero attached hydrogens (tertiary/aromatic N) is 1. The second-order valence-electron chi connectivity index (χ2n) is 7.39. The molecule has 0 spiro atoms. The largest absolute Gasteiger partial charge is 0.486 e. The molecule has 1 N–H and O–H groups in total. The van der Waals surface area contributed by atoms with Crippen molar-refractivity contribution in [2.75, 3.05) is 19.6 Å². The number of furan rings is 1. The Bertz CT molecular complexity index is 950. The van der Waals surface area contributed by atoms with E-state index < -0.39 is 0 Å². The van der Waals surface area contributed by atoms with E-state index in [1.165, 1.54) is 30.5 Å². The van der Waals surface area contributed by atoms with Crippen molar-refractivity contribution in [3.05, 3.63) is 89.6 Å². The lowest BCUT2D eigenvalue weighted by Crippen LogP contribution is -2.36. The number of hydrogen-bond donors (Lipinski definition) is 1. The third-order valence-electron chi connectivity index (χ3n) is 5.30. The maximum Gasteiger partial charge on any atom is 0.287 e. The van der Waals surface area contributed by atoms with Crippen molar-refractivity contribution >= 4 is 5.91 Å². The van der Waals surface area contributed by atoms with Gasteiger partial charge in [0.2, 0.25) is 0 Å². The zero-order valence-electron chi connectivity index (χ0n) is 16.7. The summed E-state index contributed by atoms with van der Waals surface area (Å²) in [6.45, 7) is 2.77. The smallest absolute Gasteiger partial charge is 0.287 e. The van der Waals surface area contributed by atoms with E-state index >= 15 is 0 Å². The molecule has 1 aromatic heterocycles. The number of carbonyl (C=O) groups excluding carboxylic acids is 1. The molecule has 1 unspecified atom stereocenters. The third-order valence-corrected chi connectivity index (χ3v) is 5.30. The molecule has 1 aliphatic rings. The highest BCUT2D eigenvalue weighted by Gasteiger charge is 2.24. The number of ether oxygens (including phenoxy) is 1. The van der Waals surface area contributed by atoms with Gasteiger partial charge in [-0.3, -0.25) is 9.69 Å². The minimum Gasteiger partial charge on any atom is -0.486 e. The van der Waals surface area contributed by atoms with Gasteiger partial charge in [-0.25, -0.2) is 4.39 Å². The minimum absolute atomic E-state index is 0.147. The number of likely N-dealkylation sites (tertiary alicyclic amines) is 1. The first-order chi connectivity index (χ1) is 14.7. The fourth-order valence-electron chi connectivity index (χ4n) is 3.73. The number of nitrogens with one attached hydrogen (secondary N) is 1. The normalized spacial score (nSPS) is 15.1. The number of amides is 1. The Morgan fingerprint density at radius 2 is 1.77 bits per heavy atom. The zero-order valence-corrected chi connectivity index (χ0v) is 16.7. The summed E-state index contributed by atoms with van der Waals surface area (Å²) in [6, 6.07) is 19.5. The molecule has 1 amide bonds. The molecule has 2 aromatic carbocycles. The van der Waals surface area contributed by atoms with Crippen LogP contribution in [0.15, 0.2) is 71.1 Å². The van der Waals surface area contributed by atoms with Crippen LogP contribution in [0, 0.1) is 5.82 Å². The van der Waals surface area contributed by atoms with Crippen molar-refractivity contribution in [2.24, 2.45) is 0 Å². The van der Waals surface area contributed by atoms with Crippen molar-refractivity contribution < 1.29 is 18.3 Å². The fraction of sp³-hybridized carbons (Fsp3) is 0.292. The highest BCUT2D eigenvalue weighted by Crippen LogP contribution is 2.24. The standard InChI is InChI=1S/C24H25FN2O3/c25-19-8-10-20(11-9-19)29-17-21-12-13-23(30-21)24(28)26-16-22(27-14-4-5-15-27)18-6-2-1-3-7-18/h1-3,6-13,22H,4-5,14-17H2,(H,26,28). The van der Waals surface area contributed by atoms with E-state index in [4.69, 9.17) is 9.15 Å². The first-order valence-electron chi connectivity index (χ1n) is 10.2. The van der Waals surface area contributed by atoms with Gasteiger partial charge in [0.15, 0.2) is 5.76 Å². The van der Waals surface area contributed by atoms with Crippen molar-refractivity contribution in [2.45, 2.75) is 25.5 Å². The SMILES string of the molecule is O=C(NCC(c1ccccc1)N1CCCC1)c1ccc(COc2ccc(F)cc2)o1. The van der Waals surface area contributed by atoms with Crippen LogP contribution in [0.4, 0.5) is 4.39 Å². The topological polar surface area (TPSA) is 54.7 Å². The van der Waals surface area contributed by atoms with Crippen molar-refractivity contribution in [3.63, 3.8) is 0 Å². The lowest BCUT2D eigenvalue weighted by molar-refractivity contribution is 0.0906. The van der Waals surface area contributed by atoms with Crippen LogP contribution in [0.1, 0.15) is 40.8 Å². The van der Waals surface area contributed by atoms with E-state index in [2.05, 4.69) is 22.3 Å². The molecule has 4 rings (SSSR count). The predicted octanol–water partition coefficient (Wildman–Crippen LogP) is 4.56. The van der Waals surface area contributed by atoms with E-state index in [0.29, 0.717) is 18.1 Å². The van der Waals surface area contributed by atoms with Gasteiger partial charge in [-0.05, 0) is 67.9 Å². The molecule has 5 nitrogen and oxygen atoms in total. The summed E-state index contributed by atoms with van der Waals surface area (Å²) in [6.07, 6.45) is 2.37. The molecule has 1 fully saturated rings. The minimum atomic E-state index is -0.318. The summed E-state index contributed by atoms with van der Waals surface area (Å²) >= 11 is 0. The molecule has 0 aliphatic carbocycles. The van der Waals surface area contributed by atoms with E-state index in [9.17, 15) is 9.18 Å². The Morgan fingerprint density at radius 1 is 1.03 bits per heavy atom. The monoisotopic (exact) mass is 408 g/mol. The van der Waals surface area contributed by atoms with Gasteiger partial charge in [0.05, 0.1) is 6.04 Å². The predicted molar refractivity (Wildman–Crippen MR) is 112 cm³/mol. The van der Waals surface area contributed by atoms with Gasteiger partial charge in [0, 0.05) is 6.54 Å². The summed E-state index contributed by atoms with van der Waals surface area (Å²) in [5.74, 6) is 0.755. The second kappa shape index (κ2) is 9.59. The average Bonchev–Trinajstić information content (AvgIpc) is 3.47. The van der Waals surface area contributed by atoms with Crippen LogP contribution in [-0.4, -0.2) is 30.4 Å². The number of halogens is 1. The van der Waals surface area contributed by atoms with E-state index in [0.717, 1.165) is 13.1 Å². The van der Waals surface area contributed by atoms with Crippen LogP contribution in [0.3, 0.4) is 0 Å². The van der Waals surface area contributed by atoms with Crippen LogP contribution < -0.4 is 10.1 Å². The van der Waals surface area contributed by atoms with Gasteiger partial charge in [-0.1, -0.05) is 30.3 Å². The molecule has 1 aliphatic heterocycles. The Hall–Kier alpha value is -3.12. The number of benzene rings is 2. The van der Waals surface area contributed by atoms with E-state index in [-0.39, 0.29) is 30.1 Å². The molecule has 1 saturated heterocycles. The second-order valence-corrected chi connectivity index (χ2v) is 7.39. The maximum atomic E-state index is 13.0. The molecule has 30 heavy (non-hydrogen) atoms. The molecule has 0 bridgehead atoms. The van der Waals surface area contributed by atoms with Crippen LogP contribution >= 0.6 is 0 Å². The molecule has 0 saturated carbocycles. The van der Waals surface area contributed by atoms with Crippen LogP contribution in [0.25, 0.3) is 0 Å². The Kier molecular flexibility index (Phi) is 6.44. The molecular weight excluding hydrogens is 383 g/mol. The molecule has 2 heterocycles. The molecule has 3 aromatic rings. The Balaban J connectivity index is 1.34. The zero-order chi connectivity index (χ0) is 20.8. The van der Waals surface area contributed by atoms with E-state index in [1.807, 2.05) is 18.2 Å². The first-order valence-corrected chi connectivity index (χ1v) is 10.2. The van der Waals surface area contributed by atoms with Gasteiger partial charge < -0.3 is 14.5 Å². The average molecular weight is 408 g/mol. The fourth-order valence-corrected chi connectivity index (χ4v) is 3.73. The van der Waals surface area contributed by atoms with Gasteiger partial charge >= 0.3 is 0 Å². The Morgan fingerprint density at radius 3 is 2.50 bits per heavy atom. The molecule has 6 heteroatoms. The highest BCUT2D eigenvalue weighted by atomic mass is 19.1. The van der Waals surface area contributed by atoms with Gasteiger partial charge in [-0.15, -0.1) is 0 Å². The van der Waals surface area contributed by atoms with Gasteiger partial charge in [-0.2, -0.15) is 0 Å². The summed E-state index contributed by atoms with van der Waals surface area (Å²) < 4.78 is 24.2. The summed E-state index contributed by atoms with van der Waals surface area (Å²) in [5, 5.41) is 3.01. The summed E-state index contributed by atoms with van der Waals surface area (Å²) in [4.78, 5) is 15.0. The third kappa shape index (κ3) is 5.07. The van der Waals surface area contributed by atoms with Crippen LogP contribution in [0.5, 0.6) is 5.75 Å². The molecule has 156 valence electrons. The van der Waals surface area contributed by atoms with Crippen LogP contribution in [-0.2, 0) is 6.61 Å². The quantitative estimate of drug-likeness (QED) is 0.594. The first kappa shape index (κ1) is 20.2. The van der Waals surface area contributed by atoms with E-state index in [1.54, 1.807) is 24.3 Å².